The van der Waals surface area contributed by atoms with E-state index in [1.807, 2.05) is 78.9 Å². The van der Waals surface area contributed by atoms with Crippen molar-refractivity contribution >= 4 is 17.9 Å². The van der Waals surface area contributed by atoms with Crippen LogP contribution in [0.3, 0.4) is 0 Å². The van der Waals surface area contributed by atoms with Crippen LogP contribution in [0.15, 0.2) is 96.1 Å². The molecular formula is C28H25NO5. The fourth-order valence-electron chi connectivity index (χ4n) is 3.40. The maximum atomic E-state index is 12.2. The minimum Gasteiger partial charge on any atom is -0.493 e. The third-order valence-electron chi connectivity index (χ3n) is 5.02. The molecule has 0 spiro atoms. The summed E-state index contributed by atoms with van der Waals surface area (Å²) in [5, 5.41) is 0. The summed E-state index contributed by atoms with van der Waals surface area (Å²) in [5.41, 5.74) is 2.88. The van der Waals surface area contributed by atoms with Crippen molar-refractivity contribution in [2.45, 2.75) is 6.42 Å². The standard InChI is InChI=1S/C28H25NO5/c1-3-8-20-13-14-25(26(19-20)31-2)33-16-15-32-23-12-7-9-21(17-23)18-24-28(30)34-27(29-24)22-10-5-4-6-11-22/h3-7,9-14,17-19H,1,8,15-16H2,2H3. The molecular weight excluding hydrogens is 430 g/mol. The smallest absolute Gasteiger partial charge is 0.363 e. The van der Waals surface area contributed by atoms with Gasteiger partial charge in [-0.1, -0.05) is 42.5 Å². The molecule has 3 aromatic rings. The molecule has 1 aliphatic heterocycles. The summed E-state index contributed by atoms with van der Waals surface area (Å²) in [6.07, 6.45) is 4.29. The third kappa shape index (κ3) is 5.72. The Morgan fingerprint density at radius 2 is 1.76 bits per heavy atom. The number of nitrogens with zero attached hydrogens (tertiary/aromatic N) is 1. The molecule has 0 radical (unpaired) electrons. The number of allylic oxidation sites excluding steroid dienone is 1. The minimum absolute atomic E-state index is 0.242. The maximum Gasteiger partial charge on any atom is 0.363 e. The van der Waals surface area contributed by atoms with Gasteiger partial charge in [0.05, 0.1) is 7.11 Å². The van der Waals surface area contributed by atoms with Crippen molar-refractivity contribution < 1.29 is 23.7 Å². The lowest BCUT2D eigenvalue weighted by Crippen LogP contribution is -2.09. The SMILES string of the molecule is C=CCc1ccc(OCCOc2cccc(C=C3N=C(c4ccccc4)OC3=O)c2)c(OC)c1. The van der Waals surface area contributed by atoms with E-state index in [0.717, 1.165) is 23.1 Å². The highest BCUT2D eigenvalue weighted by Gasteiger charge is 2.23. The summed E-state index contributed by atoms with van der Waals surface area (Å²) in [5.74, 6) is 1.81. The zero-order valence-electron chi connectivity index (χ0n) is 18.9. The first-order valence-electron chi connectivity index (χ1n) is 10.9. The van der Waals surface area contributed by atoms with Gasteiger partial charge in [0.1, 0.15) is 19.0 Å². The highest BCUT2D eigenvalue weighted by Crippen LogP contribution is 2.28. The van der Waals surface area contributed by atoms with Gasteiger partial charge in [-0.05, 0) is 60.0 Å². The Kier molecular flexibility index (Phi) is 7.40. The lowest BCUT2D eigenvalue weighted by molar-refractivity contribution is -0.129. The molecule has 172 valence electrons. The number of carbonyl (C=O) groups is 1. The van der Waals surface area contributed by atoms with E-state index in [-0.39, 0.29) is 5.70 Å². The van der Waals surface area contributed by atoms with Crippen molar-refractivity contribution in [3.05, 3.63) is 108 Å². The van der Waals surface area contributed by atoms with E-state index in [0.29, 0.717) is 36.4 Å². The largest absolute Gasteiger partial charge is 0.493 e. The van der Waals surface area contributed by atoms with Gasteiger partial charge in [0.2, 0.25) is 5.90 Å². The topological polar surface area (TPSA) is 66.3 Å². The van der Waals surface area contributed by atoms with Crippen LogP contribution in [0.4, 0.5) is 0 Å². The summed E-state index contributed by atoms with van der Waals surface area (Å²) < 4.78 is 22.4. The number of hydrogen-bond donors (Lipinski definition) is 0. The van der Waals surface area contributed by atoms with Crippen LogP contribution >= 0.6 is 0 Å². The molecule has 0 aromatic heterocycles. The average molecular weight is 456 g/mol. The van der Waals surface area contributed by atoms with Crippen molar-refractivity contribution in [3.8, 4) is 17.2 Å². The number of methoxy groups -OCH3 is 1. The zero-order valence-corrected chi connectivity index (χ0v) is 18.9. The molecule has 1 aliphatic rings. The van der Waals surface area contributed by atoms with Crippen molar-refractivity contribution in [2.75, 3.05) is 20.3 Å². The van der Waals surface area contributed by atoms with Gasteiger partial charge < -0.3 is 18.9 Å². The summed E-state index contributed by atoms with van der Waals surface area (Å²) in [7, 11) is 1.61. The Morgan fingerprint density at radius 1 is 0.941 bits per heavy atom. The second-order valence-corrected chi connectivity index (χ2v) is 7.45. The number of carbonyl (C=O) groups excluding carboxylic acids is 1. The number of hydrogen-bond acceptors (Lipinski definition) is 6. The lowest BCUT2D eigenvalue weighted by atomic mass is 10.1. The van der Waals surface area contributed by atoms with Crippen LogP contribution in [0.1, 0.15) is 16.7 Å². The first-order valence-corrected chi connectivity index (χ1v) is 10.9. The van der Waals surface area contributed by atoms with Gasteiger partial charge in [0.15, 0.2) is 17.2 Å². The van der Waals surface area contributed by atoms with Gasteiger partial charge in [-0.25, -0.2) is 9.79 Å². The molecule has 0 atom stereocenters. The Labute approximate surface area is 198 Å². The predicted molar refractivity (Wildman–Crippen MR) is 131 cm³/mol. The Morgan fingerprint density at radius 3 is 2.56 bits per heavy atom. The molecule has 0 saturated heterocycles. The fraction of sp³-hybridized carbons (Fsp3) is 0.143. The van der Waals surface area contributed by atoms with Crippen LogP contribution in [-0.4, -0.2) is 32.2 Å². The van der Waals surface area contributed by atoms with Gasteiger partial charge in [-0.15, -0.1) is 6.58 Å². The number of esters is 1. The van der Waals surface area contributed by atoms with E-state index in [1.54, 1.807) is 13.2 Å². The van der Waals surface area contributed by atoms with Crippen LogP contribution in [0.25, 0.3) is 6.08 Å². The molecule has 0 N–H and O–H groups in total. The van der Waals surface area contributed by atoms with Crippen molar-refractivity contribution in [2.24, 2.45) is 4.99 Å². The summed E-state index contributed by atoms with van der Waals surface area (Å²) >= 11 is 0. The summed E-state index contributed by atoms with van der Waals surface area (Å²) in [6.45, 7) is 4.45. The molecule has 6 nitrogen and oxygen atoms in total. The summed E-state index contributed by atoms with van der Waals surface area (Å²) in [4.78, 5) is 16.6. The lowest BCUT2D eigenvalue weighted by Gasteiger charge is -2.12. The average Bonchev–Trinajstić information content (AvgIpc) is 3.23. The molecule has 4 rings (SSSR count). The number of rotatable bonds is 10. The minimum atomic E-state index is -0.480. The molecule has 0 unspecified atom stereocenters. The molecule has 0 fully saturated rings. The third-order valence-corrected chi connectivity index (χ3v) is 5.02. The summed E-state index contributed by atoms with van der Waals surface area (Å²) in [6, 6.07) is 22.5. The maximum absolute atomic E-state index is 12.2. The van der Waals surface area contributed by atoms with E-state index >= 15 is 0 Å². The number of aliphatic imine (C=N–C) groups is 1. The first kappa shape index (κ1) is 22.9. The highest BCUT2D eigenvalue weighted by molar-refractivity contribution is 6.12. The van der Waals surface area contributed by atoms with Gasteiger partial charge in [0.25, 0.3) is 0 Å². The van der Waals surface area contributed by atoms with E-state index in [4.69, 9.17) is 18.9 Å². The first-order chi connectivity index (χ1) is 16.7. The molecule has 6 heteroatoms. The molecule has 3 aromatic carbocycles. The Hall–Kier alpha value is -4.32. The van der Waals surface area contributed by atoms with E-state index in [2.05, 4.69) is 11.6 Å². The fourth-order valence-corrected chi connectivity index (χ4v) is 3.40. The zero-order chi connectivity index (χ0) is 23.8. The van der Waals surface area contributed by atoms with Crippen LogP contribution in [-0.2, 0) is 16.0 Å². The van der Waals surface area contributed by atoms with Gasteiger partial charge in [-0.2, -0.15) is 0 Å². The van der Waals surface area contributed by atoms with E-state index in [9.17, 15) is 4.79 Å². The van der Waals surface area contributed by atoms with Crippen molar-refractivity contribution in [3.63, 3.8) is 0 Å². The van der Waals surface area contributed by atoms with Crippen LogP contribution in [0.5, 0.6) is 17.2 Å². The molecule has 34 heavy (non-hydrogen) atoms. The van der Waals surface area contributed by atoms with E-state index in [1.165, 1.54) is 0 Å². The van der Waals surface area contributed by atoms with Crippen LogP contribution in [0.2, 0.25) is 0 Å². The number of ether oxygens (including phenoxy) is 4. The van der Waals surface area contributed by atoms with Crippen molar-refractivity contribution in [1.29, 1.82) is 0 Å². The van der Waals surface area contributed by atoms with Crippen LogP contribution < -0.4 is 14.2 Å². The van der Waals surface area contributed by atoms with Gasteiger partial charge >= 0.3 is 5.97 Å². The molecule has 0 amide bonds. The highest BCUT2D eigenvalue weighted by atomic mass is 16.6. The van der Waals surface area contributed by atoms with Crippen LogP contribution in [0, 0.1) is 0 Å². The van der Waals surface area contributed by atoms with Crippen molar-refractivity contribution in [1.82, 2.24) is 0 Å². The van der Waals surface area contributed by atoms with E-state index < -0.39 is 5.97 Å². The quantitative estimate of drug-likeness (QED) is 0.181. The molecule has 1 heterocycles. The van der Waals surface area contributed by atoms with Gasteiger partial charge in [-0.3, -0.25) is 0 Å². The predicted octanol–water partition coefficient (Wildman–Crippen LogP) is 5.23. The number of benzene rings is 3. The molecule has 0 bridgehead atoms. The second-order valence-electron chi connectivity index (χ2n) is 7.45. The Balaban J connectivity index is 1.36. The Bertz CT molecular complexity index is 1230. The normalized spacial score (nSPS) is 13.9. The van der Waals surface area contributed by atoms with Gasteiger partial charge in [0, 0.05) is 5.56 Å². The molecule has 0 saturated carbocycles. The number of cyclic esters (lactones) is 1. The molecule has 0 aliphatic carbocycles. The second kappa shape index (κ2) is 11.0. The monoisotopic (exact) mass is 455 g/mol.